The molecule has 0 bridgehead atoms. The molecule has 19 heavy (non-hydrogen) atoms. The first-order valence-electron chi connectivity index (χ1n) is 5.40. The summed E-state index contributed by atoms with van der Waals surface area (Å²) >= 11 is 1.20. The largest absolute Gasteiger partial charge is 0.481 e. The third kappa shape index (κ3) is 5.82. The third-order valence-electron chi connectivity index (χ3n) is 2.14. The minimum atomic E-state index is -1.21. The molecule has 2 amide bonds. The van der Waals surface area contributed by atoms with Crippen molar-refractivity contribution in [2.45, 2.75) is 25.3 Å². The average molecular weight is 287 g/mol. The number of aliphatic carboxylic acids is 2. The van der Waals surface area contributed by atoms with Crippen molar-refractivity contribution in [3.05, 3.63) is 11.6 Å². The van der Waals surface area contributed by atoms with Gasteiger partial charge in [-0.15, -0.1) is 11.3 Å². The fourth-order valence-electron chi connectivity index (χ4n) is 1.29. The Bertz CT molecular complexity index is 448. The number of nitrogens with one attached hydrogen (secondary N) is 2. The van der Waals surface area contributed by atoms with E-state index in [0.717, 1.165) is 0 Å². The van der Waals surface area contributed by atoms with Crippen molar-refractivity contribution in [1.82, 2.24) is 10.3 Å². The van der Waals surface area contributed by atoms with Gasteiger partial charge < -0.3 is 15.5 Å². The molecule has 1 heterocycles. The van der Waals surface area contributed by atoms with Crippen LogP contribution in [0.1, 0.15) is 19.3 Å². The van der Waals surface area contributed by atoms with Gasteiger partial charge in [0.2, 0.25) is 0 Å². The maximum Gasteiger partial charge on any atom is 0.326 e. The van der Waals surface area contributed by atoms with Crippen LogP contribution in [0.2, 0.25) is 0 Å². The fraction of sp³-hybridized carbons (Fsp3) is 0.400. The number of nitrogens with zero attached hydrogens (tertiary/aromatic N) is 1. The molecule has 0 saturated carbocycles. The topological polar surface area (TPSA) is 129 Å². The van der Waals surface area contributed by atoms with Crippen LogP contribution in [0.25, 0.3) is 0 Å². The van der Waals surface area contributed by atoms with Crippen LogP contribution >= 0.6 is 11.3 Å². The minimum Gasteiger partial charge on any atom is -0.481 e. The lowest BCUT2D eigenvalue weighted by molar-refractivity contribution is -0.140. The van der Waals surface area contributed by atoms with E-state index in [9.17, 15) is 14.4 Å². The van der Waals surface area contributed by atoms with Gasteiger partial charge in [-0.1, -0.05) is 0 Å². The second-order valence-electron chi connectivity index (χ2n) is 3.61. The summed E-state index contributed by atoms with van der Waals surface area (Å²) in [5.74, 6) is -2.21. The SMILES string of the molecule is O=C(O)CCC[C@@H](NC(=O)Nc1nccs1)C(=O)O. The smallest absolute Gasteiger partial charge is 0.326 e. The van der Waals surface area contributed by atoms with Crippen LogP contribution in [0.4, 0.5) is 9.93 Å². The third-order valence-corrected chi connectivity index (χ3v) is 2.83. The zero-order valence-corrected chi connectivity index (χ0v) is 10.6. The molecule has 0 aliphatic heterocycles. The van der Waals surface area contributed by atoms with Crippen LogP contribution in [0.5, 0.6) is 0 Å². The molecule has 0 aromatic carbocycles. The number of aromatic nitrogens is 1. The van der Waals surface area contributed by atoms with Gasteiger partial charge in [0.25, 0.3) is 0 Å². The Hall–Kier alpha value is -2.16. The first-order chi connectivity index (χ1) is 8.99. The molecule has 0 saturated heterocycles. The molecule has 4 N–H and O–H groups in total. The van der Waals surface area contributed by atoms with E-state index < -0.39 is 24.0 Å². The van der Waals surface area contributed by atoms with Crippen molar-refractivity contribution in [1.29, 1.82) is 0 Å². The Labute approximate surface area is 112 Å². The molecule has 0 aliphatic rings. The van der Waals surface area contributed by atoms with Crippen LogP contribution in [-0.4, -0.2) is 39.2 Å². The van der Waals surface area contributed by atoms with E-state index in [1.165, 1.54) is 17.5 Å². The van der Waals surface area contributed by atoms with Gasteiger partial charge in [-0.2, -0.15) is 0 Å². The molecule has 0 fully saturated rings. The fourth-order valence-corrected chi connectivity index (χ4v) is 1.82. The van der Waals surface area contributed by atoms with Gasteiger partial charge in [-0.25, -0.2) is 14.6 Å². The van der Waals surface area contributed by atoms with Gasteiger partial charge in [-0.3, -0.25) is 10.1 Å². The number of hydrogen-bond acceptors (Lipinski definition) is 5. The van der Waals surface area contributed by atoms with E-state index in [-0.39, 0.29) is 19.3 Å². The normalized spacial score (nSPS) is 11.6. The van der Waals surface area contributed by atoms with Crippen molar-refractivity contribution in [2.75, 3.05) is 5.32 Å². The monoisotopic (exact) mass is 287 g/mol. The quantitative estimate of drug-likeness (QED) is 0.591. The van der Waals surface area contributed by atoms with Gasteiger partial charge in [0.1, 0.15) is 6.04 Å². The summed E-state index contributed by atoms with van der Waals surface area (Å²) in [4.78, 5) is 36.5. The van der Waals surface area contributed by atoms with E-state index in [4.69, 9.17) is 10.2 Å². The molecular formula is C10H13N3O5S. The summed E-state index contributed by atoms with van der Waals surface area (Å²) in [5.41, 5.74) is 0. The highest BCUT2D eigenvalue weighted by Crippen LogP contribution is 2.10. The lowest BCUT2D eigenvalue weighted by Crippen LogP contribution is -2.43. The number of carboxylic acids is 2. The zero-order chi connectivity index (χ0) is 14.3. The molecule has 1 aromatic rings. The molecular weight excluding hydrogens is 274 g/mol. The van der Waals surface area contributed by atoms with Crippen molar-refractivity contribution in [3.8, 4) is 0 Å². The van der Waals surface area contributed by atoms with Crippen molar-refractivity contribution in [3.63, 3.8) is 0 Å². The second kappa shape index (κ2) is 7.31. The Morgan fingerprint density at radius 2 is 2.11 bits per heavy atom. The molecule has 0 aliphatic carbocycles. The first-order valence-corrected chi connectivity index (χ1v) is 6.28. The standard InChI is InChI=1S/C10H13N3O5S/c14-7(15)3-1-2-6(8(16)17)12-9(18)13-10-11-4-5-19-10/h4-6H,1-3H2,(H,14,15)(H,16,17)(H2,11,12,13,18)/t6-/m1/s1. The van der Waals surface area contributed by atoms with E-state index in [1.54, 1.807) is 5.38 Å². The minimum absolute atomic E-state index is 0.0485. The molecule has 1 atom stereocenters. The number of thiazole rings is 1. The van der Waals surface area contributed by atoms with Gasteiger partial charge in [0, 0.05) is 18.0 Å². The summed E-state index contributed by atoms with van der Waals surface area (Å²) in [6, 6.07) is -1.81. The molecule has 1 rings (SSSR count). The molecule has 0 spiro atoms. The van der Waals surface area contributed by atoms with Gasteiger partial charge >= 0.3 is 18.0 Å². The van der Waals surface area contributed by atoms with Crippen LogP contribution < -0.4 is 10.6 Å². The molecule has 104 valence electrons. The Balaban J connectivity index is 2.42. The van der Waals surface area contributed by atoms with Gasteiger partial charge in [0.15, 0.2) is 5.13 Å². The van der Waals surface area contributed by atoms with Crippen LogP contribution in [0.3, 0.4) is 0 Å². The number of amides is 2. The van der Waals surface area contributed by atoms with Crippen molar-refractivity contribution < 1.29 is 24.6 Å². The average Bonchev–Trinajstić information content (AvgIpc) is 2.79. The van der Waals surface area contributed by atoms with Crippen LogP contribution in [0.15, 0.2) is 11.6 Å². The highest BCUT2D eigenvalue weighted by Gasteiger charge is 2.20. The number of anilines is 1. The van der Waals surface area contributed by atoms with Crippen molar-refractivity contribution >= 4 is 34.4 Å². The number of rotatable bonds is 7. The molecule has 0 unspecified atom stereocenters. The Morgan fingerprint density at radius 1 is 1.37 bits per heavy atom. The maximum absolute atomic E-state index is 11.5. The molecule has 9 heteroatoms. The van der Waals surface area contributed by atoms with Gasteiger partial charge in [0.05, 0.1) is 0 Å². The molecule has 0 radical (unpaired) electrons. The summed E-state index contributed by atoms with van der Waals surface area (Å²) in [7, 11) is 0. The van der Waals surface area contributed by atoms with Crippen LogP contribution in [0, 0.1) is 0 Å². The van der Waals surface area contributed by atoms with E-state index in [0.29, 0.717) is 5.13 Å². The summed E-state index contributed by atoms with van der Waals surface area (Å²) in [5, 5.41) is 24.0. The lowest BCUT2D eigenvalue weighted by atomic mass is 10.1. The predicted molar refractivity (Wildman–Crippen MR) is 67.2 cm³/mol. The van der Waals surface area contributed by atoms with Crippen LogP contribution in [-0.2, 0) is 9.59 Å². The van der Waals surface area contributed by atoms with Gasteiger partial charge in [-0.05, 0) is 12.8 Å². The highest BCUT2D eigenvalue weighted by atomic mass is 32.1. The predicted octanol–water partition coefficient (Wildman–Crippen LogP) is 0.973. The Morgan fingerprint density at radius 3 is 2.63 bits per heavy atom. The van der Waals surface area contributed by atoms with Crippen molar-refractivity contribution in [2.24, 2.45) is 0 Å². The van der Waals surface area contributed by atoms with E-state index in [2.05, 4.69) is 15.6 Å². The number of carbonyl (C=O) groups excluding carboxylic acids is 1. The highest BCUT2D eigenvalue weighted by molar-refractivity contribution is 7.13. The lowest BCUT2D eigenvalue weighted by Gasteiger charge is -2.13. The summed E-state index contributed by atoms with van der Waals surface area (Å²) in [6.07, 6.45) is 1.58. The Kier molecular flexibility index (Phi) is 5.73. The number of carbonyl (C=O) groups is 3. The maximum atomic E-state index is 11.5. The summed E-state index contributed by atoms with van der Waals surface area (Å²) in [6.45, 7) is 0. The second-order valence-corrected chi connectivity index (χ2v) is 4.51. The molecule has 8 nitrogen and oxygen atoms in total. The number of carboxylic acid groups (broad SMARTS) is 2. The van der Waals surface area contributed by atoms with E-state index >= 15 is 0 Å². The summed E-state index contributed by atoms with van der Waals surface area (Å²) < 4.78 is 0. The van der Waals surface area contributed by atoms with E-state index in [1.807, 2.05) is 0 Å². The number of urea groups is 1. The number of hydrogen-bond donors (Lipinski definition) is 4. The molecule has 1 aromatic heterocycles. The first kappa shape index (κ1) is 14.9. The zero-order valence-electron chi connectivity index (χ0n) is 9.83.